The Balaban J connectivity index is 1.39. The molecule has 1 aromatic carbocycles. The number of rotatable bonds is 8. The lowest BCUT2D eigenvalue weighted by atomic mass is 10.1. The number of hydrogen-bond donors (Lipinski definition) is 2. The molecule has 2 aromatic heterocycles. The Labute approximate surface area is 171 Å². The monoisotopic (exact) mass is 392 g/mol. The first-order valence-electron chi connectivity index (χ1n) is 10.1. The molecule has 152 valence electrons. The predicted octanol–water partition coefficient (Wildman–Crippen LogP) is 4.19. The topological polar surface area (TPSA) is 75.5 Å². The Morgan fingerprint density at radius 1 is 0.966 bits per heavy atom. The van der Waals surface area contributed by atoms with Crippen molar-refractivity contribution >= 4 is 23.1 Å². The molecule has 0 aliphatic rings. The zero-order valence-corrected chi connectivity index (χ0v) is 17.3. The molecule has 0 bridgehead atoms. The molecule has 2 N–H and O–H groups in total. The molecule has 0 unspecified atom stereocenters. The van der Waals surface area contributed by atoms with E-state index in [1.54, 1.807) is 0 Å². The Hall–Kier alpha value is -3.15. The van der Waals surface area contributed by atoms with E-state index in [9.17, 15) is 9.59 Å². The third-order valence-corrected chi connectivity index (χ3v) is 5.03. The minimum absolute atomic E-state index is 0.0350. The van der Waals surface area contributed by atoms with Crippen LogP contribution in [0.3, 0.4) is 0 Å². The summed E-state index contributed by atoms with van der Waals surface area (Å²) in [4.78, 5) is 29.1. The van der Waals surface area contributed by atoms with Crippen molar-refractivity contribution in [2.45, 2.75) is 46.5 Å². The largest absolute Gasteiger partial charge is 0.351 e. The number of para-hydroxylation sites is 1. The molecule has 0 aliphatic heterocycles. The summed E-state index contributed by atoms with van der Waals surface area (Å²) in [5.74, 6) is -0.0817. The van der Waals surface area contributed by atoms with Gasteiger partial charge in [-0.1, -0.05) is 30.7 Å². The second-order valence-corrected chi connectivity index (χ2v) is 7.36. The van der Waals surface area contributed by atoms with Crippen LogP contribution < -0.4 is 10.6 Å². The van der Waals surface area contributed by atoms with Gasteiger partial charge in [0.15, 0.2) is 0 Å². The van der Waals surface area contributed by atoms with E-state index < -0.39 is 0 Å². The van der Waals surface area contributed by atoms with Gasteiger partial charge < -0.3 is 10.6 Å². The smallest absolute Gasteiger partial charge is 0.270 e. The highest BCUT2D eigenvalue weighted by Gasteiger charge is 2.15. The number of hydrogen-bond acceptors (Lipinski definition) is 3. The van der Waals surface area contributed by atoms with Crippen LogP contribution in [0.15, 0.2) is 42.6 Å². The van der Waals surface area contributed by atoms with Crippen LogP contribution >= 0.6 is 0 Å². The van der Waals surface area contributed by atoms with Crippen LogP contribution in [-0.4, -0.2) is 27.7 Å². The molecule has 0 saturated heterocycles. The quantitative estimate of drug-likeness (QED) is 0.565. The van der Waals surface area contributed by atoms with Crippen molar-refractivity contribution in [1.82, 2.24) is 14.7 Å². The maximum atomic E-state index is 12.5. The first-order chi connectivity index (χ1) is 14.0. The molecule has 2 amide bonds. The summed E-state index contributed by atoms with van der Waals surface area (Å²) in [5, 5.41) is 5.97. The summed E-state index contributed by atoms with van der Waals surface area (Å²) >= 11 is 0. The van der Waals surface area contributed by atoms with Crippen LogP contribution in [0.25, 0.3) is 5.65 Å². The van der Waals surface area contributed by atoms with Gasteiger partial charge >= 0.3 is 0 Å². The molecule has 0 aliphatic carbocycles. The number of imidazole rings is 1. The lowest BCUT2D eigenvalue weighted by Crippen LogP contribution is -2.26. The van der Waals surface area contributed by atoms with Crippen LogP contribution in [0, 0.1) is 20.8 Å². The van der Waals surface area contributed by atoms with E-state index in [1.807, 2.05) is 67.8 Å². The molecule has 3 rings (SSSR count). The SMILES string of the molecule is Cc1cccc(C)c1NC(=O)CCCCCNC(=O)c1c(C)nc2ccccn12. The number of carbonyl (C=O) groups excluding carboxylic acids is 2. The minimum atomic E-state index is -0.117. The molecule has 3 aromatic rings. The fraction of sp³-hybridized carbons (Fsp3) is 0.348. The van der Waals surface area contributed by atoms with Gasteiger partial charge in [0.1, 0.15) is 11.3 Å². The van der Waals surface area contributed by atoms with E-state index in [2.05, 4.69) is 15.6 Å². The Morgan fingerprint density at radius 2 is 1.72 bits per heavy atom. The first-order valence-corrected chi connectivity index (χ1v) is 10.1. The van der Waals surface area contributed by atoms with E-state index in [4.69, 9.17) is 0 Å². The number of fused-ring (bicyclic) bond motifs is 1. The number of nitrogens with zero attached hydrogens (tertiary/aromatic N) is 2. The Bertz CT molecular complexity index is 1000. The third-order valence-electron chi connectivity index (χ3n) is 5.03. The fourth-order valence-corrected chi connectivity index (χ4v) is 3.47. The van der Waals surface area contributed by atoms with Crippen LogP contribution in [0.1, 0.15) is 53.0 Å². The molecule has 6 nitrogen and oxygen atoms in total. The van der Waals surface area contributed by atoms with Crippen molar-refractivity contribution in [3.05, 3.63) is 65.1 Å². The van der Waals surface area contributed by atoms with Crippen LogP contribution in [0.5, 0.6) is 0 Å². The lowest BCUT2D eigenvalue weighted by Gasteiger charge is -2.11. The summed E-state index contributed by atoms with van der Waals surface area (Å²) in [5.41, 5.74) is 5.12. The lowest BCUT2D eigenvalue weighted by molar-refractivity contribution is -0.116. The molecule has 0 spiro atoms. The number of amides is 2. The van der Waals surface area contributed by atoms with Crippen molar-refractivity contribution in [1.29, 1.82) is 0 Å². The molecule has 0 saturated carbocycles. The molecular weight excluding hydrogens is 364 g/mol. The van der Waals surface area contributed by atoms with Gasteiger partial charge in [0.2, 0.25) is 5.91 Å². The van der Waals surface area contributed by atoms with Crippen molar-refractivity contribution in [3.8, 4) is 0 Å². The average Bonchev–Trinajstić information content (AvgIpc) is 3.03. The molecule has 0 atom stereocenters. The molecule has 6 heteroatoms. The van der Waals surface area contributed by atoms with Gasteiger partial charge in [0.05, 0.1) is 5.69 Å². The van der Waals surface area contributed by atoms with E-state index in [-0.39, 0.29) is 11.8 Å². The van der Waals surface area contributed by atoms with Gasteiger partial charge in [-0.2, -0.15) is 0 Å². The Morgan fingerprint density at radius 3 is 2.48 bits per heavy atom. The predicted molar refractivity (Wildman–Crippen MR) is 115 cm³/mol. The van der Waals surface area contributed by atoms with Gasteiger partial charge in [0.25, 0.3) is 5.91 Å². The van der Waals surface area contributed by atoms with Crippen molar-refractivity contribution in [3.63, 3.8) is 0 Å². The van der Waals surface area contributed by atoms with Gasteiger partial charge in [0, 0.05) is 24.8 Å². The number of carbonyl (C=O) groups is 2. The highest BCUT2D eigenvalue weighted by Crippen LogP contribution is 2.19. The summed E-state index contributed by atoms with van der Waals surface area (Å²) < 4.78 is 1.81. The first kappa shape index (κ1) is 20.6. The number of nitrogens with one attached hydrogen (secondary N) is 2. The molecular formula is C23H28N4O2. The maximum Gasteiger partial charge on any atom is 0.270 e. The number of aromatic nitrogens is 2. The maximum absolute atomic E-state index is 12.5. The third kappa shape index (κ3) is 5.02. The second-order valence-electron chi connectivity index (χ2n) is 7.36. The zero-order valence-electron chi connectivity index (χ0n) is 17.3. The standard InChI is InChI=1S/C23H28N4O2/c1-16-10-9-11-17(2)21(16)26-20(28)13-5-4-7-14-24-23(29)22-18(3)25-19-12-6-8-15-27(19)22/h6,8-12,15H,4-5,7,13-14H2,1-3H3,(H,24,29)(H,26,28). The fourth-order valence-electron chi connectivity index (χ4n) is 3.47. The number of benzene rings is 1. The van der Waals surface area contributed by atoms with Crippen LogP contribution in [0.4, 0.5) is 5.69 Å². The number of anilines is 1. The summed E-state index contributed by atoms with van der Waals surface area (Å²) in [7, 11) is 0. The van der Waals surface area contributed by atoms with Crippen LogP contribution in [-0.2, 0) is 4.79 Å². The van der Waals surface area contributed by atoms with E-state index in [0.29, 0.717) is 18.7 Å². The summed E-state index contributed by atoms with van der Waals surface area (Å²) in [6.07, 6.45) is 4.83. The highest BCUT2D eigenvalue weighted by atomic mass is 16.2. The van der Waals surface area contributed by atoms with Crippen molar-refractivity contribution < 1.29 is 9.59 Å². The van der Waals surface area contributed by atoms with E-state index in [0.717, 1.165) is 47.4 Å². The highest BCUT2D eigenvalue weighted by molar-refractivity contribution is 5.94. The second kappa shape index (κ2) is 9.37. The summed E-state index contributed by atoms with van der Waals surface area (Å²) in [6, 6.07) is 11.7. The molecule has 0 radical (unpaired) electrons. The molecule has 29 heavy (non-hydrogen) atoms. The van der Waals surface area contributed by atoms with Gasteiger partial charge in [-0.25, -0.2) is 4.98 Å². The van der Waals surface area contributed by atoms with Gasteiger partial charge in [-0.15, -0.1) is 0 Å². The Kier molecular flexibility index (Phi) is 6.65. The van der Waals surface area contributed by atoms with Gasteiger partial charge in [-0.3, -0.25) is 14.0 Å². The van der Waals surface area contributed by atoms with E-state index >= 15 is 0 Å². The van der Waals surface area contributed by atoms with Crippen molar-refractivity contribution in [2.24, 2.45) is 0 Å². The molecule has 0 fully saturated rings. The van der Waals surface area contributed by atoms with E-state index in [1.165, 1.54) is 0 Å². The number of unbranched alkanes of at least 4 members (excludes halogenated alkanes) is 2. The normalized spacial score (nSPS) is 10.9. The van der Waals surface area contributed by atoms with Crippen LogP contribution in [0.2, 0.25) is 0 Å². The van der Waals surface area contributed by atoms with Gasteiger partial charge in [-0.05, 0) is 56.9 Å². The number of aryl methyl sites for hydroxylation is 3. The van der Waals surface area contributed by atoms with Crippen molar-refractivity contribution in [2.75, 3.05) is 11.9 Å². The zero-order chi connectivity index (χ0) is 20.8. The minimum Gasteiger partial charge on any atom is -0.351 e. The summed E-state index contributed by atoms with van der Waals surface area (Å²) in [6.45, 7) is 6.42. The average molecular weight is 393 g/mol. The molecule has 2 heterocycles. The number of pyridine rings is 1.